The van der Waals surface area contributed by atoms with E-state index in [1.165, 1.54) is 5.56 Å². The van der Waals surface area contributed by atoms with Crippen molar-refractivity contribution in [1.82, 2.24) is 4.90 Å². The number of hydrogen-bond acceptors (Lipinski definition) is 3. The molecule has 0 spiro atoms. The van der Waals surface area contributed by atoms with Crippen LogP contribution in [0.25, 0.3) is 0 Å². The fourth-order valence-electron chi connectivity index (χ4n) is 2.54. The van der Waals surface area contributed by atoms with E-state index in [1.807, 2.05) is 56.3 Å². The summed E-state index contributed by atoms with van der Waals surface area (Å²) in [6.45, 7) is 6.56. The molecule has 0 radical (unpaired) electrons. The van der Waals surface area contributed by atoms with Gasteiger partial charge in [-0.2, -0.15) is 0 Å². The lowest BCUT2D eigenvalue weighted by Crippen LogP contribution is -2.29. The molecule has 0 aliphatic heterocycles. The van der Waals surface area contributed by atoms with Gasteiger partial charge in [-0.25, -0.2) is 0 Å². The molecular formula is C21H26N2O2S. The molecule has 0 aliphatic carbocycles. The van der Waals surface area contributed by atoms with Crippen molar-refractivity contribution in [2.24, 2.45) is 0 Å². The molecule has 2 aromatic carbocycles. The quantitative estimate of drug-likeness (QED) is 0.753. The molecule has 0 heterocycles. The number of thioether (sulfide) groups is 1. The van der Waals surface area contributed by atoms with E-state index in [0.29, 0.717) is 13.1 Å². The zero-order chi connectivity index (χ0) is 18.9. The van der Waals surface area contributed by atoms with Crippen LogP contribution < -0.4 is 5.32 Å². The Morgan fingerprint density at radius 3 is 2.38 bits per heavy atom. The lowest BCUT2D eigenvalue weighted by Gasteiger charge is -2.21. The molecule has 5 heteroatoms. The van der Waals surface area contributed by atoms with Gasteiger partial charge in [0.25, 0.3) is 0 Å². The van der Waals surface area contributed by atoms with E-state index >= 15 is 0 Å². The minimum absolute atomic E-state index is 0.0238. The average Bonchev–Trinajstić information content (AvgIpc) is 2.65. The normalized spacial score (nSPS) is 11.7. The van der Waals surface area contributed by atoms with Gasteiger partial charge in [0, 0.05) is 31.5 Å². The molecule has 2 rings (SSSR count). The van der Waals surface area contributed by atoms with Crippen LogP contribution >= 0.6 is 11.8 Å². The Morgan fingerprint density at radius 2 is 1.73 bits per heavy atom. The smallest absolute Gasteiger partial charge is 0.237 e. The zero-order valence-corrected chi connectivity index (χ0v) is 16.4. The number of nitrogens with one attached hydrogen (secondary N) is 1. The van der Waals surface area contributed by atoms with Crippen molar-refractivity contribution in [3.05, 3.63) is 65.7 Å². The SMILES string of the molecule is CCN(Cc1ccccc1NC(=O)[C@H](C)SCc1ccccc1)C(C)=O. The van der Waals surface area contributed by atoms with Crippen LogP contribution in [0.4, 0.5) is 5.69 Å². The Balaban J connectivity index is 1.98. The Hall–Kier alpha value is -2.27. The highest BCUT2D eigenvalue weighted by molar-refractivity contribution is 7.99. The second kappa shape index (κ2) is 10.0. The summed E-state index contributed by atoms with van der Waals surface area (Å²) in [5.41, 5.74) is 2.92. The van der Waals surface area contributed by atoms with Crippen LogP contribution in [-0.4, -0.2) is 28.5 Å². The average molecular weight is 371 g/mol. The third-order valence-electron chi connectivity index (χ3n) is 4.18. The topological polar surface area (TPSA) is 49.4 Å². The van der Waals surface area contributed by atoms with Gasteiger partial charge in [-0.05, 0) is 31.0 Å². The van der Waals surface area contributed by atoms with Gasteiger partial charge >= 0.3 is 0 Å². The Labute approximate surface area is 160 Å². The van der Waals surface area contributed by atoms with E-state index in [-0.39, 0.29) is 17.1 Å². The van der Waals surface area contributed by atoms with E-state index in [1.54, 1.807) is 23.6 Å². The summed E-state index contributed by atoms with van der Waals surface area (Å²) in [7, 11) is 0. The van der Waals surface area contributed by atoms with Gasteiger partial charge in [0.1, 0.15) is 0 Å². The van der Waals surface area contributed by atoms with E-state index in [0.717, 1.165) is 17.0 Å². The molecule has 1 N–H and O–H groups in total. The molecule has 0 fully saturated rings. The predicted octanol–water partition coefficient (Wildman–Crippen LogP) is 4.32. The van der Waals surface area contributed by atoms with Gasteiger partial charge in [0.2, 0.25) is 11.8 Å². The molecule has 2 amide bonds. The number of amides is 2. The number of carbonyl (C=O) groups excluding carboxylic acids is 2. The lowest BCUT2D eigenvalue weighted by atomic mass is 10.1. The first-order valence-electron chi connectivity index (χ1n) is 8.81. The molecule has 4 nitrogen and oxygen atoms in total. The molecule has 2 aromatic rings. The van der Waals surface area contributed by atoms with Gasteiger partial charge in [-0.15, -0.1) is 11.8 Å². The molecule has 0 saturated carbocycles. The molecule has 0 saturated heterocycles. The van der Waals surface area contributed by atoms with Crippen molar-refractivity contribution in [3.63, 3.8) is 0 Å². The van der Waals surface area contributed by atoms with Crippen LogP contribution in [0.5, 0.6) is 0 Å². The number of rotatable bonds is 8. The van der Waals surface area contributed by atoms with E-state index in [4.69, 9.17) is 0 Å². The summed E-state index contributed by atoms with van der Waals surface area (Å²) < 4.78 is 0. The van der Waals surface area contributed by atoms with Crippen LogP contribution in [-0.2, 0) is 21.9 Å². The van der Waals surface area contributed by atoms with Crippen LogP contribution in [0.3, 0.4) is 0 Å². The standard InChI is InChI=1S/C21H26N2O2S/c1-4-23(17(3)24)14-19-12-8-9-13-20(19)22-21(25)16(2)26-15-18-10-6-5-7-11-18/h5-13,16H,4,14-15H2,1-3H3,(H,22,25)/t16-/m0/s1. The Morgan fingerprint density at radius 1 is 1.08 bits per heavy atom. The monoisotopic (exact) mass is 370 g/mol. The van der Waals surface area contributed by atoms with Gasteiger partial charge in [-0.3, -0.25) is 9.59 Å². The number of para-hydroxylation sites is 1. The minimum Gasteiger partial charge on any atom is -0.339 e. The van der Waals surface area contributed by atoms with E-state index < -0.39 is 0 Å². The maximum atomic E-state index is 12.6. The summed E-state index contributed by atoms with van der Waals surface area (Å²) in [6.07, 6.45) is 0. The summed E-state index contributed by atoms with van der Waals surface area (Å²) in [6, 6.07) is 17.8. The van der Waals surface area contributed by atoms with Crippen LogP contribution in [0.1, 0.15) is 31.9 Å². The molecule has 138 valence electrons. The first-order valence-corrected chi connectivity index (χ1v) is 9.86. The van der Waals surface area contributed by atoms with Gasteiger partial charge in [-0.1, -0.05) is 48.5 Å². The van der Waals surface area contributed by atoms with Gasteiger partial charge in [0.15, 0.2) is 0 Å². The fraction of sp³-hybridized carbons (Fsp3) is 0.333. The maximum absolute atomic E-state index is 12.6. The summed E-state index contributed by atoms with van der Waals surface area (Å²) in [5.74, 6) is 0.801. The number of nitrogens with zero attached hydrogens (tertiary/aromatic N) is 1. The van der Waals surface area contributed by atoms with Crippen LogP contribution in [0, 0.1) is 0 Å². The third kappa shape index (κ3) is 5.92. The van der Waals surface area contributed by atoms with Crippen molar-refractivity contribution in [3.8, 4) is 0 Å². The molecular weight excluding hydrogens is 344 g/mol. The number of benzene rings is 2. The van der Waals surface area contributed by atoms with Crippen LogP contribution in [0.15, 0.2) is 54.6 Å². The molecule has 0 aliphatic rings. The highest BCUT2D eigenvalue weighted by atomic mass is 32.2. The first-order chi connectivity index (χ1) is 12.5. The van der Waals surface area contributed by atoms with E-state index in [9.17, 15) is 9.59 Å². The van der Waals surface area contributed by atoms with Crippen molar-refractivity contribution >= 4 is 29.3 Å². The van der Waals surface area contributed by atoms with Gasteiger partial charge in [0.05, 0.1) is 5.25 Å². The first kappa shape index (κ1) is 20.0. The van der Waals surface area contributed by atoms with Gasteiger partial charge < -0.3 is 10.2 Å². The second-order valence-electron chi connectivity index (χ2n) is 6.12. The minimum atomic E-state index is -0.168. The second-order valence-corrected chi connectivity index (χ2v) is 7.45. The van der Waals surface area contributed by atoms with Crippen molar-refractivity contribution < 1.29 is 9.59 Å². The Kier molecular flexibility index (Phi) is 7.73. The molecule has 1 atom stereocenters. The lowest BCUT2D eigenvalue weighted by molar-refractivity contribution is -0.129. The van der Waals surface area contributed by atoms with Crippen molar-refractivity contribution in [2.45, 2.75) is 38.3 Å². The zero-order valence-electron chi connectivity index (χ0n) is 15.6. The fourth-order valence-corrected chi connectivity index (χ4v) is 3.38. The van der Waals surface area contributed by atoms with Crippen LogP contribution in [0.2, 0.25) is 0 Å². The van der Waals surface area contributed by atoms with Crippen molar-refractivity contribution in [2.75, 3.05) is 11.9 Å². The largest absolute Gasteiger partial charge is 0.339 e. The number of hydrogen-bond donors (Lipinski definition) is 1. The highest BCUT2D eigenvalue weighted by Gasteiger charge is 2.16. The Bertz CT molecular complexity index is 734. The molecule has 26 heavy (non-hydrogen) atoms. The summed E-state index contributed by atoms with van der Waals surface area (Å²) in [4.78, 5) is 26.0. The maximum Gasteiger partial charge on any atom is 0.237 e. The molecule has 0 unspecified atom stereocenters. The number of anilines is 1. The molecule has 0 aromatic heterocycles. The predicted molar refractivity (Wildman–Crippen MR) is 109 cm³/mol. The summed E-state index contributed by atoms with van der Waals surface area (Å²) in [5, 5.41) is 2.85. The third-order valence-corrected chi connectivity index (χ3v) is 5.39. The van der Waals surface area contributed by atoms with Crippen molar-refractivity contribution in [1.29, 1.82) is 0 Å². The molecule has 0 bridgehead atoms. The van der Waals surface area contributed by atoms with E-state index in [2.05, 4.69) is 17.4 Å². The highest BCUT2D eigenvalue weighted by Crippen LogP contribution is 2.22. The summed E-state index contributed by atoms with van der Waals surface area (Å²) >= 11 is 1.61. The number of carbonyl (C=O) groups is 2.